The zero-order valence-corrected chi connectivity index (χ0v) is 16.4. The third-order valence-electron chi connectivity index (χ3n) is 4.35. The molecule has 3 aromatic rings. The highest BCUT2D eigenvalue weighted by molar-refractivity contribution is 7.88. The smallest absolute Gasteiger partial charge is 0.216 e. The number of aryl methyl sites for hydroxylation is 1. The van der Waals surface area contributed by atoms with Crippen molar-refractivity contribution in [3.8, 4) is 5.75 Å². The maximum atomic E-state index is 12.9. The van der Waals surface area contributed by atoms with Gasteiger partial charge in [0.25, 0.3) is 0 Å². The summed E-state index contributed by atoms with van der Waals surface area (Å²) in [5, 5.41) is 0. The molecule has 0 aromatic heterocycles. The van der Waals surface area contributed by atoms with Crippen LogP contribution in [0.15, 0.2) is 72.8 Å². The molecule has 146 valence electrons. The van der Waals surface area contributed by atoms with Gasteiger partial charge in [0.1, 0.15) is 18.2 Å². The van der Waals surface area contributed by atoms with Crippen LogP contribution in [0.2, 0.25) is 0 Å². The van der Waals surface area contributed by atoms with Crippen molar-refractivity contribution >= 4 is 10.0 Å². The normalized spacial score (nSPS) is 11.4. The molecule has 0 fully saturated rings. The molecular weight excluding hydrogens is 377 g/mol. The van der Waals surface area contributed by atoms with E-state index < -0.39 is 10.0 Å². The molecule has 0 saturated carbocycles. The summed E-state index contributed by atoms with van der Waals surface area (Å²) in [6.45, 7) is 2.45. The van der Waals surface area contributed by atoms with Crippen LogP contribution in [0.5, 0.6) is 5.75 Å². The molecule has 0 unspecified atom stereocenters. The van der Waals surface area contributed by atoms with E-state index in [9.17, 15) is 12.8 Å². The molecule has 0 atom stereocenters. The van der Waals surface area contributed by atoms with Crippen LogP contribution in [0.25, 0.3) is 0 Å². The van der Waals surface area contributed by atoms with Crippen LogP contribution in [0.1, 0.15) is 22.3 Å². The van der Waals surface area contributed by atoms with Crippen LogP contribution in [0, 0.1) is 12.7 Å². The average molecular weight is 399 g/mol. The van der Waals surface area contributed by atoms with E-state index in [0.717, 1.165) is 22.3 Å². The Morgan fingerprint density at radius 3 is 2.21 bits per heavy atom. The first kappa shape index (κ1) is 20.0. The fraction of sp³-hybridized carbons (Fsp3) is 0.182. The number of ether oxygens (including phenoxy) is 1. The Balaban J connectivity index is 1.52. The Hall–Kier alpha value is -2.70. The first-order chi connectivity index (χ1) is 13.4. The quantitative estimate of drug-likeness (QED) is 0.613. The van der Waals surface area contributed by atoms with Crippen molar-refractivity contribution in [3.05, 3.63) is 101 Å². The maximum Gasteiger partial charge on any atom is 0.216 e. The van der Waals surface area contributed by atoms with E-state index in [1.54, 1.807) is 24.3 Å². The molecular formula is C22H22FNO3S. The summed E-state index contributed by atoms with van der Waals surface area (Å²) in [4.78, 5) is 0. The number of nitrogens with one attached hydrogen (secondary N) is 1. The zero-order chi connectivity index (χ0) is 20.0. The van der Waals surface area contributed by atoms with Gasteiger partial charge in [0.05, 0.1) is 5.75 Å². The minimum atomic E-state index is -3.43. The third kappa shape index (κ3) is 5.90. The first-order valence-corrected chi connectivity index (χ1v) is 10.5. The predicted octanol–water partition coefficient (Wildman–Crippen LogP) is 4.33. The van der Waals surface area contributed by atoms with E-state index in [1.807, 2.05) is 43.3 Å². The van der Waals surface area contributed by atoms with Crippen molar-refractivity contribution in [3.63, 3.8) is 0 Å². The first-order valence-electron chi connectivity index (χ1n) is 8.89. The second-order valence-electron chi connectivity index (χ2n) is 6.57. The van der Waals surface area contributed by atoms with Gasteiger partial charge < -0.3 is 4.74 Å². The van der Waals surface area contributed by atoms with Crippen molar-refractivity contribution in [1.82, 2.24) is 4.72 Å². The van der Waals surface area contributed by atoms with Gasteiger partial charge in [-0.1, -0.05) is 48.5 Å². The van der Waals surface area contributed by atoms with Crippen molar-refractivity contribution in [2.45, 2.75) is 25.8 Å². The SMILES string of the molecule is Cc1ccccc1CS(=O)(=O)NCc1ccc(OCc2ccc(F)cc2)cc1. The Morgan fingerprint density at radius 1 is 0.893 bits per heavy atom. The Kier molecular flexibility index (Phi) is 6.44. The van der Waals surface area contributed by atoms with Crippen LogP contribution in [0.3, 0.4) is 0 Å². The largest absolute Gasteiger partial charge is 0.489 e. The lowest BCUT2D eigenvalue weighted by atomic mass is 10.1. The highest BCUT2D eigenvalue weighted by Gasteiger charge is 2.12. The van der Waals surface area contributed by atoms with Crippen LogP contribution < -0.4 is 9.46 Å². The summed E-state index contributed by atoms with van der Waals surface area (Å²) in [6.07, 6.45) is 0. The van der Waals surface area contributed by atoms with Crippen LogP contribution in [-0.2, 0) is 28.9 Å². The van der Waals surface area contributed by atoms with E-state index in [-0.39, 0.29) is 18.1 Å². The lowest BCUT2D eigenvalue weighted by molar-refractivity contribution is 0.306. The van der Waals surface area contributed by atoms with Gasteiger partial charge in [-0.2, -0.15) is 0 Å². The van der Waals surface area contributed by atoms with Crippen LogP contribution in [0.4, 0.5) is 4.39 Å². The topological polar surface area (TPSA) is 55.4 Å². The van der Waals surface area contributed by atoms with Crippen molar-refractivity contribution in [2.24, 2.45) is 0 Å². The third-order valence-corrected chi connectivity index (χ3v) is 5.62. The maximum absolute atomic E-state index is 12.9. The predicted molar refractivity (Wildman–Crippen MR) is 108 cm³/mol. The van der Waals surface area contributed by atoms with E-state index in [0.29, 0.717) is 12.4 Å². The number of hydrogen-bond donors (Lipinski definition) is 1. The molecule has 3 rings (SSSR count). The highest BCUT2D eigenvalue weighted by atomic mass is 32.2. The molecule has 0 spiro atoms. The molecule has 28 heavy (non-hydrogen) atoms. The van der Waals surface area contributed by atoms with Crippen molar-refractivity contribution in [1.29, 1.82) is 0 Å². The number of rotatable bonds is 8. The molecule has 6 heteroatoms. The highest BCUT2D eigenvalue weighted by Crippen LogP contribution is 2.15. The molecule has 0 heterocycles. The van der Waals surface area contributed by atoms with E-state index >= 15 is 0 Å². The van der Waals surface area contributed by atoms with Gasteiger partial charge >= 0.3 is 0 Å². The lowest BCUT2D eigenvalue weighted by Crippen LogP contribution is -2.25. The standard InChI is InChI=1S/C22H22FNO3S/c1-17-4-2-3-5-20(17)16-28(25,26)24-14-18-8-12-22(13-9-18)27-15-19-6-10-21(23)11-7-19/h2-13,24H,14-16H2,1H3. The van der Waals surface area contributed by atoms with Gasteiger partial charge in [0.15, 0.2) is 0 Å². The number of hydrogen-bond acceptors (Lipinski definition) is 3. The van der Waals surface area contributed by atoms with Gasteiger partial charge in [-0.25, -0.2) is 17.5 Å². The van der Waals surface area contributed by atoms with Crippen LogP contribution >= 0.6 is 0 Å². The fourth-order valence-corrected chi connectivity index (χ4v) is 3.89. The number of halogens is 1. The number of benzene rings is 3. The fourth-order valence-electron chi connectivity index (χ4n) is 2.67. The monoisotopic (exact) mass is 399 g/mol. The minimum Gasteiger partial charge on any atom is -0.489 e. The molecule has 0 bridgehead atoms. The van der Waals surface area contributed by atoms with Gasteiger partial charge in [-0.3, -0.25) is 0 Å². The molecule has 4 nitrogen and oxygen atoms in total. The average Bonchev–Trinajstić information content (AvgIpc) is 2.68. The van der Waals surface area contributed by atoms with Crippen LogP contribution in [-0.4, -0.2) is 8.42 Å². The second kappa shape index (κ2) is 8.99. The summed E-state index contributed by atoms with van der Waals surface area (Å²) < 4.78 is 45.8. The molecule has 0 saturated heterocycles. The Bertz CT molecular complexity index is 1020. The zero-order valence-electron chi connectivity index (χ0n) is 15.6. The van der Waals surface area contributed by atoms with Gasteiger partial charge in [0, 0.05) is 6.54 Å². The van der Waals surface area contributed by atoms with Crippen molar-refractivity contribution < 1.29 is 17.5 Å². The Morgan fingerprint density at radius 2 is 1.54 bits per heavy atom. The van der Waals surface area contributed by atoms with E-state index in [1.165, 1.54) is 12.1 Å². The summed E-state index contributed by atoms with van der Waals surface area (Å²) in [5.41, 5.74) is 3.45. The van der Waals surface area contributed by atoms with E-state index in [4.69, 9.17) is 4.74 Å². The van der Waals surface area contributed by atoms with Gasteiger partial charge in [0.2, 0.25) is 10.0 Å². The lowest BCUT2D eigenvalue weighted by Gasteiger charge is -2.10. The minimum absolute atomic E-state index is 0.0431. The van der Waals surface area contributed by atoms with Crippen molar-refractivity contribution in [2.75, 3.05) is 0 Å². The van der Waals surface area contributed by atoms with E-state index in [2.05, 4.69) is 4.72 Å². The van der Waals surface area contributed by atoms with Gasteiger partial charge in [-0.05, 0) is 53.4 Å². The summed E-state index contributed by atoms with van der Waals surface area (Å²) in [6, 6.07) is 20.8. The molecule has 0 aliphatic heterocycles. The van der Waals surface area contributed by atoms with Gasteiger partial charge in [-0.15, -0.1) is 0 Å². The molecule has 0 radical (unpaired) electrons. The molecule has 1 N–H and O–H groups in total. The Labute approximate surface area is 165 Å². The summed E-state index contributed by atoms with van der Waals surface area (Å²) in [7, 11) is -3.43. The molecule has 0 aliphatic carbocycles. The summed E-state index contributed by atoms with van der Waals surface area (Å²) >= 11 is 0. The molecule has 0 aliphatic rings. The number of sulfonamides is 1. The molecule has 3 aromatic carbocycles. The summed E-state index contributed by atoms with van der Waals surface area (Å²) in [5.74, 6) is 0.340. The molecule has 0 amide bonds. The second-order valence-corrected chi connectivity index (χ2v) is 8.37.